The Morgan fingerprint density at radius 3 is 2.56 bits per heavy atom. The Morgan fingerprint density at radius 2 is 2.19 bits per heavy atom. The third-order valence-electron chi connectivity index (χ3n) is 1.84. The quantitative estimate of drug-likeness (QED) is 0.534. The Labute approximate surface area is 94.2 Å². The van der Waals surface area contributed by atoms with Crippen LogP contribution in [0.4, 0.5) is 4.79 Å². The average Bonchev–Trinajstić information content (AvgIpc) is 2.24. The summed E-state index contributed by atoms with van der Waals surface area (Å²) in [5, 5.41) is 19.5. The maximum absolute atomic E-state index is 11.5. The number of aliphatic hydroxyl groups excluding tert-OH is 1. The zero-order chi connectivity index (χ0) is 12.6. The number of urea groups is 1. The van der Waals surface area contributed by atoms with Crippen molar-refractivity contribution >= 4 is 12.0 Å². The highest BCUT2D eigenvalue weighted by molar-refractivity contribution is 5.82. The van der Waals surface area contributed by atoms with Gasteiger partial charge >= 0.3 is 12.0 Å². The van der Waals surface area contributed by atoms with E-state index in [1.165, 1.54) is 4.90 Å². The summed E-state index contributed by atoms with van der Waals surface area (Å²) in [6.07, 6.45) is 5.80. The van der Waals surface area contributed by atoms with Gasteiger partial charge in [0, 0.05) is 6.54 Å². The van der Waals surface area contributed by atoms with Crippen LogP contribution in [0.3, 0.4) is 0 Å². The van der Waals surface area contributed by atoms with E-state index in [4.69, 9.17) is 16.6 Å². The van der Waals surface area contributed by atoms with Crippen LogP contribution in [0, 0.1) is 12.3 Å². The number of carbonyl (C=O) groups is 2. The number of carbonyl (C=O) groups excluding carboxylic acids is 1. The molecule has 0 aromatic heterocycles. The van der Waals surface area contributed by atoms with Crippen LogP contribution < -0.4 is 5.32 Å². The van der Waals surface area contributed by atoms with Gasteiger partial charge in [0.1, 0.15) is 0 Å². The molecule has 0 radical (unpaired) electrons. The number of aliphatic hydroxyl groups is 1. The summed E-state index contributed by atoms with van der Waals surface area (Å²) in [4.78, 5) is 23.4. The van der Waals surface area contributed by atoms with Gasteiger partial charge in [0.15, 0.2) is 6.04 Å². The first-order valence-corrected chi connectivity index (χ1v) is 4.89. The molecule has 0 aromatic carbocycles. The lowest BCUT2D eigenvalue weighted by atomic mass is 10.3. The number of carboxylic acids is 1. The second-order valence-electron chi connectivity index (χ2n) is 3.15. The normalized spacial score (nSPS) is 11.3. The Hall–Kier alpha value is -1.74. The van der Waals surface area contributed by atoms with E-state index in [0.29, 0.717) is 13.0 Å². The van der Waals surface area contributed by atoms with E-state index in [0.717, 1.165) is 0 Å². The molecular formula is C10H16N2O4. The van der Waals surface area contributed by atoms with Gasteiger partial charge in [0.05, 0.1) is 13.2 Å². The highest BCUT2D eigenvalue weighted by atomic mass is 16.4. The van der Waals surface area contributed by atoms with E-state index in [1.54, 1.807) is 0 Å². The van der Waals surface area contributed by atoms with Crippen molar-refractivity contribution in [2.45, 2.75) is 19.4 Å². The van der Waals surface area contributed by atoms with Crippen molar-refractivity contribution in [2.24, 2.45) is 0 Å². The first kappa shape index (κ1) is 14.3. The topological polar surface area (TPSA) is 89.9 Å². The molecule has 6 heteroatoms. The molecular weight excluding hydrogens is 212 g/mol. The predicted molar refractivity (Wildman–Crippen MR) is 57.7 cm³/mol. The van der Waals surface area contributed by atoms with Crippen molar-refractivity contribution in [1.82, 2.24) is 10.2 Å². The van der Waals surface area contributed by atoms with E-state index in [-0.39, 0.29) is 6.54 Å². The van der Waals surface area contributed by atoms with E-state index < -0.39 is 24.6 Å². The summed E-state index contributed by atoms with van der Waals surface area (Å²) < 4.78 is 0. The highest BCUT2D eigenvalue weighted by Crippen LogP contribution is 1.94. The Morgan fingerprint density at radius 1 is 1.56 bits per heavy atom. The third-order valence-corrected chi connectivity index (χ3v) is 1.84. The molecule has 0 saturated carbocycles. The largest absolute Gasteiger partial charge is 0.480 e. The van der Waals surface area contributed by atoms with Crippen molar-refractivity contribution in [3.8, 4) is 12.3 Å². The fourth-order valence-corrected chi connectivity index (χ4v) is 1.06. The fraction of sp³-hybridized carbons (Fsp3) is 0.600. The molecule has 0 aromatic rings. The Kier molecular flexibility index (Phi) is 6.72. The smallest absolute Gasteiger partial charge is 0.328 e. The summed E-state index contributed by atoms with van der Waals surface area (Å²) in [6, 6.07) is -1.88. The third kappa shape index (κ3) is 4.66. The summed E-state index contributed by atoms with van der Waals surface area (Å²) >= 11 is 0. The average molecular weight is 228 g/mol. The summed E-state index contributed by atoms with van der Waals surface area (Å²) in [7, 11) is 0. The minimum Gasteiger partial charge on any atom is -0.480 e. The number of terminal acetylenes is 1. The zero-order valence-corrected chi connectivity index (χ0v) is 9.14. The number of carboxylic acid groups (broad SMARTS) is 1. The molecule has 0 saturated heterocycles. The van der Waals surface area contributed by atoms with Crippen molar-refractivity contribution in [2.75, 3.05) is 19.7 Å². The van der Waals surface area contributed by atoms with Crippen LogP contribution in [0.2, 0.25) is 0 Å². The predicted octanol–water partition coefficient (Wildman–Crippen LogP) is -0.513. The molecule has 0 aliphatic heterocycles. The second kappa shape index (κ2) is 7.54. The molecule has 16 heavy (non-hydrogen) atoms. The molecule has 0 bridgehead atoms. The van der Waals surface area contributed by atoms with Gasteiger partial charge in [0.25, 0.3) is 0 Å². The SMILES string of the molecule is C#CCN(CCC)C(=O)NC(CO)C(=O)O. The molecule has 0 aliphatic carbocycles. The standard InChI is InChI=1S/C10H16N2O4/c1-3-5-12(6-4-2)10(16)11-8(7-13)9(14)15/h1,8,13H,4-7H2,2H3,(H,11,16)(H,14,15). The molecule has 3 N–H and O–H groups in total. The minimum atomic E-state index is -1.30. The zero-order valence-electron chi connectivity index (χ0n) is 9.14. The number of aliphatic carboxylic acids is 1. The first-order valence-electron chi connectivity index (χ1n) is 4.89. The molecule has 0 heterocycles. The Balaban J connectivity index is 4.39. The minimum absolute atomic E-state index is 0.109. The molecule has 1 unspecified atom stereocenters. The van der Waals surface area contributed by atoms with Crippen LogP contribution in [-0.4, -0.2) is 52.9 Å². The van der Waals surface area contributed by atoms with E-state index >= 15 is 0 Å². The highest BCUT2D eigenvalue weighted by Gasteiger charge is 2.21. The molecule has 2 amide bonds. The van der Waals surface area contributed by atoms with Gasteiger partial charge in [0.2, 0.25) is 0 Å². The molecule has 0 spiro atoms. The molecule has 0 fully saturated rings. The molecule has 90 valence electrons. The van der Waals surface area contributed by atoms with Crippen molar-refractivity contribution in [3.05, 3.63) is 0 Å². The van der Waals surface area contributed by atoms with Crippen LogP contribution in [0.1, 0.15) is 13.3 Å². The lowest BCUT2D eigenvalue weighted by Crippen LogP contribution is -2.49. The van der Waals surface area contributed by atoms with Crippen molar-refractivity contribution < 1.29 is 19.8 Å². The second-order valence-corrected chi connectivity index (χ2v) is 3.15. The van der Waals surface area contributed by atoms with Crippen LogP contribution in [0.25, 0.3) is 0 Å². The summed E-state index contributed by atoms with van der Waals surface area (Å²) in [6.45, 7) is 1.76. The van der Waals surface area contributed by atoms with Gasteiger partial charge in [-0.3, -0.25) is 0 Å². The van der Waals surface area contributed by atoms with Crippen LogP contribution in [-0.2, 0) is 4.79 Å². The number of hydrogen-bond donors (Lipinski definition) is 3. The Bertz CT molecular complexity index is 285. The lowest BCUT2D eigenvalue weighted by Gasteiger charge is -2.22. The van der Waals surface area contributed by atoms with Gasteiger partial charge in [-0.1, -0.05) is 12.8 Å². The lowest BCUT2D eigenvalue weighted by molar-refractivity contribution is -0.140. The molecule has 6 nitrogen and oxygen atoms in total. The van der Waals surface area contributed by atoms with Crippen LogP contribution in [0.5, 0.6) is 0 Å². The van der Waals surface area contributed by atoms with Crippen molar-refractivity contribution in [3.63, 3.8) is 0 Å². The fourth-order valence-electron chi connectivity index (χ4n) is 1.06. The van der Waals surface area contributed by atoms with E-state index in [2.05, 4.69) is 11.2 Å². The van der Waals surface area contributed by atoms with Crippen molar-refractivity contribution in [1.29, 1.82) is 0 Å². The van der Waals surface area contributed by atoms with Gasteiger partial charge in [-0.2, -0.15) is 0 Å². The van der Waals surface area contributed by atoms with E-state index in [9.17, 15) is 9.59 Å². The first-order chi connectivity index (χ1) is 7.56. The maximum atomic E-state index is 11.5. The van der Waals surface area contributed by atoms with Gasteiger partial charge < -0.3 is 20.4 Å². The van der Waals surface area contributed by atoms with E-state index in [1.807, 2.05) is 6.92 Å². The van der Waals surface area contributed by atoms with Crippen LogP contribution in [0.15, 0.2) is 0 Å². The molecule has 0 rings (SSSR count). The van der Waals surface area contributed by atoms with Gasteiger partial charge in [-0.05, 0) is 6.42 Å². The molecule has 0 aliphatic rings. The van der Waals surface area contributed by atoms with Crippen LogP contribution >= 0.6 is 0 Å². The number of nitrogens with one attached hydrogen (secondary N) is 1. The van der Waals surface area contributed by atoms with Gasteiger partial charge in [-0.25, -0.2) is 9.59 Å². The van der Waals surface area contributed by atoms with Gasteiger partial charge in [-0.15, -0.1) is 6.42 Å². The number of amides is 2. The summed E-state index contributed by atoms with van der Waals surface area (Å²) in [5.41, 5.74) is 0. The summed E-state index contributed by atoms with van der Waals surface area (Å²) in [5.74, 6) is 1.02. The monoisotopic (exact) mass is 228 g/mol. The maximum Gasteiger partial charge on any atom is 0.328 e. The number of rotatable bonds is 6. The number of hydrogen-bond acceptors (Lipinski definition) is 3. The molecule has 1 atom stereocenters. The number of nitrogens with zero attached hydrogens (tertiary/aromatic N) is 1.